The summed E-state index contributed by atoms with van der Waals surface area (Å²) in [6.07, 6.45) is 4.05. The van der Waals surface area contributed by atoms with E-state index in [1.54, 1.807) is 7.11 Å². The average Bonchev–Trinajstić information content (AvgIpc) is 2.87. The van der Waals surface area contributed by atoms with Crippen LogP contribution in [0.5, 0.6) is 0 Å². The van der Waals surface area contributed by atoms with E-state index in [2.05, 4.69) is 17.1 Å². The predicted octanol–water partition coefficient (Wildman–Crippen LogP) is 1.26. The third kappa shape index (κ3) is 2.69. The molecule has 2 saturated heterocycles. The number of nitrogens with zero attached hydrogens (tertiary/aromatic N) is 1. The molecule has 2 heterocycles. The fraction of sp³-hybridized carbons (Fsp3) is 0.929. The summed E-state index contributed by atoms with van der Waals surface area (Å²) < 4.78 is 5.20. The van der Waals surface area contributed by atoms with E-state index in [4.69, 9.17) is 4.74 Å². The lowest BCUT2D eigenvalue weighted by molar-refractivity contribution is -0.143. The minimum Gasteiger partial charge on any atom is -0.384 e. The molecule has 18 heavy (non-hydrogen) atoms. The van der Waals surface area contributed by atoms with Crippen LogP contribution in [-0.4, -0.2) is 50.7 Å². The molecule has 2 rings (SSSR count). The van der Waals surface area contributed by atoms with Gasteiger partial charge in [0.05, 0.1) is 12.0 Å². The smallest absolute Gasteiger partial charge is 0.228 e. The quantitative estimate of drug-likeness (QED) is 0.821. The second kappa shape index (κ2) is 6.02. The Morgan fingerprint density at radius 3 is 2.78 bits per heavy atom. The lowest BCUT2D eigenvalue weighted by Gasteiger charge is -2.38. The molecule has 1 amide bonds. The Balaban J connectivity index is 1.97. The van der Waals surface area contributed by atoms with Gasteiger partial charge in [0.15, 0.2) is 0 Å². The first kappa shape index (κ1) is 13.8. The molecule has 0 radical (unpaired) electrons. The molecule has 0 spiro atoms. The third-order valence-electron chi connectivity index (χ3n) is 4.67. The maximum Gasteiger partial charge on any atom is 0.228 e. The van der Waals surface area contributed by atoms with Gasteiger partial charge in [-0.2, -0.15) is 0 Å². The summed E-state index contributed by atoms with van der Waals surface area (Å²) in [4.78, 5) is 14.8. The van der Waals surface area contributed by atoms with Gasteiger partial charge in [-0.1, -0.05) is 6.92 Å². The van der Waals surface area contributed by atoms with Crippen molar-refractivity contribution in [3.8, 4) is 0 Å². The Morgan fingerprint density at radius 2 is 2.17 bits per heavy atom. The Labute approximate surface area is 110 Å². The van der Waals surface area contributed by atoms with E-state index in [0.717, 1.165) is 58.5 Å². The Morgan fingerprint density at radius 1 is 1.44 bits per heavy atom. The topological polar surface area (TPSA) is 41.6 Å². The number of carbonyl (C=O) groups excluding carboxylic acids is 1. The molecule has 0 bridgehead atoms. The third-order valence-corrected chi connectivity index (χ3v) is 4.67. The highest BCUT2D eigenvalue weighted by Crippen LogP contribution is 2.36. The highest BCUT2D eigenvalue weighted by molar-refractivity contribution is 5.83. The highest BCUT2D eigenvalue weighted by Gasteiger charge is 2.42. The standard InChI is InChI=1S/C14H26N2O2/c1-3-14(5-7-15-8-6-14)13(17)16-9-4-12(10-16)11-18-2/h12,15H,3-11H2,1-2H3. The summed E-state index contributed by atoms with van der Waals surface area (Å²) >= 11 is 0. The Kier molecular flexibility index (Phi) is 4.62. The van der Waals surface area contributed by atoms with Gasteiger partial charge in [-0.3, -0.25) is 4.79 Å². The highest BCUT2D eigenvalue weighted by atomic mass is 16.5. The number of rotatable bonds is 4. The van der Waals surface area contributed by atoms with Crippen LogP contribution >= 0.6 is 0 Å². The van der Waals surface area contributed by atoms with E-state index in [1.165, 1.54) is 0 Å². The minimum absolute atomic E-state index is 0.0901. The van der Waals surface area contributed by atoms with Crippen molar-refractivity contribution in [2.75, 3.05) is 39.9 Å². The van der Waals surface area contributed by atoms with Crippen molar-refractivity contribution >= 4 is 5.91 Å². The maximum atomic E-state index is 12.8. The Bertz CT molecular complexity index is 288. The number of amides is 1. The summed E-state index contributed by atoms with van der Waals surface area (Å²) in [5.41, 5.74) is -0.0901. The van der Waals surface area contributed by atoms with Crippen LogP contribution in [0.2, 0.25) is 0 Å². The van der Waals surface area contributed by atoms with Crippen molar-refractivity contribution in [3.05, 3.63) is 0 Å². The summed E-state index contributed by atoms with van der Waals surface area (Å²) in [6, 6.07) is 0. The van der Waals surface area contributed by atoms with E-state index < -0.39 is 0 Å². The van der Waals surface area contributed by atoms with Gasteiger partial charge in [-0.15, -0.1) is 0 Å². The van der Waals surface area contributed by atoms with Gasteiger partial charge in [-0.25, -0.2) is 0 Å². The molecule has 1 N–H and O–H groups in total. The lowest BCUT2D eigenvalue weighted by Crippen LogP contribution is -2.48. The van der Waals surface area contributed by atoms with Crippen molar-refractivity contribution < 1.29 is 9.53 Å². The lowest BCUT2D eigenvalue weighted by atomic mass is 9.75. The van der Waals surface area contributed by atoms with Crippen LogP contribution < -0.4 is 5.32 Å². The fourth-order valence-electron chi connectivity index (χ4n) is 3.35. The first-order chi connectivity index (χ1) is 8.72. The molecule has 4 nitrogen and oxygen atoms in total. The maximum absolute atomic E-state index is 12.8. The summed E-state index contributed by atoms with van der Waals surface area (Å²) in [7, 11) is 1.74. The second-order valence-corrected chi connectivity index (χ2v) is 5.75. The zero-order valence-electron chi connectivity index (χ0n) is 11.7. The Hall–Kier alpha value is -0.610. The number of likely N-dealkylation sites (tertiary alicyclic amines) is 1. The first-order valence-electron chi connectivity index (χ1n) is 7.21. The van der Waals surface area contributed by atoms with E-state index >= 15 is 0 Å². The normalized spacial score (nSPS) is 27.4. The summed E-state index contributed by atoms with van der Waals surface area (Å²) in [5, 5.41) is 3.36. The molecule has 0 aromatic carbocycles. The summed E-state index contributed by atoms with van der Waals surface area (Å²) in [5.74, 6) is 0.930. The van der Waals surface area contributed by atoms with Gasteiger partial charge in [0.1, 0.15) is 0 Å². The van der Waals surface area contributed by atoms with E-state index in [9.17, 15) is 4.79 Å². The SMILES string of the molecule is CCC1(C(=O)N2CCC(COC)C2)CCNCC1. The number of nitrogens with one attached hydrogen (secondary N) is 1. The van der Waals surface area contributed by atoms with E-state index in [0.29, 0.717) is 11.8 Å². The van der Waals surface area contributed by atoms with E-state index in [-0.39, 0.29) is 5.41 Å². The molecule has 0 saturated carbocycles. The largest absolute Gasteiger partial charge is 0.384 e. The molecular formula is C14H26N2O2. The van der Waals surface area contributed by atoms with Gasteiger partial charge < -0.3 is 15.0 Å². The van der Waals surface area contributed by atoms with Gasteiger partial charge in [0.2, 0.25) is 5.91 Å². The number of ether oxygens (including phenoxy) is 1. The van der Waals surface area contributed by atoms with Crippen molar-refractivity contribution in [2.45, 2.75) is 32.6 Å². The number of carbonyl (C=O) groups is 1. The molecule has 1 unspecified atom stereocenters. The molecule has 0 aliphatic carbocycles. The van der Waals surface area contributed by atoms with Crippen LogP contribution in [-0.2, 0) is 9.53 Å². The van der Waals surface area contributed by atoms with Crippen LogP contribution in [0.4, 0.5) is 0 Å². The van der Waals surface area contributed by atoms with Crippen LogP contribution in [0, 0.1) is 11.3 Å². The van der Waals surface area contributed by atoms with Gasteiger partial charge in [0.25, 0.3) is 0 Å². The van der Waals surface area contributed by atoms with Crippen molar-refractivity contribution in [1.29, 1.82) is 0 Å². The van der Waals surface area contributed by atoms with E-state index in [1.807, 2.05) is 0 Å². The number of piperidine rings is 1. The van der Waals surface area contributed by atoms with Crippen LogP contribution in [0.25, 0.3) is 0 Å². The number of hydrogen-bond donors (Lipinski definition) is 1. The molecule has 1 atom stereocenters. The molecule has 2 aliphatic rings. The van der Waals surface area contributed by atoms with Gasteiger partial charge in [0, 0.05) is 26.1 Å². The predicted molar refractivity (Wildman–Crippen MR) is 71.4 cm³/mol. The number of hydrogen-bond acceptors (Lipinski definition) is 3. The molecular weight excluding hydrogens is 228 g/mol. The zero-order valence-corrected chi connectivity index (χ0v) is 11.7. The molecule has 0 aromatic heterocycles. The van der Waals surface area contributed by atoms with Crippen LogP contribution in [0.15, 0.2) is 0 Å². The molecule has 0 aromatic rings. The van der Waals surface area contributed by atoms with Crippen LogP contribution in [0.3, 0.4) is 0 Å². The van der Waals surface area contributed by atoms with Crippen LogP contribution in [0.1, 0.15) is 32.6 Å². The average molecular weight is 254 g/mol. The second-order valence-electron chi connectivity index (χ2n) is 5.75. The molecule has 2 aliphatic heterocycles. The molecule has 4 heteroatoms. The van der Waals surface area contributed by atoms with Gasteiger partial charge >= 0.3 is 0 Å². The zero-order chi connectivity index (χ0) is 13.0. The van der Waals surface area contributed by atoms with Crippen molar-refractivity contribution in [2.24, 2.45) is 11.3 Å². The minimum atomic E-state index is -0.0901. The monoisotopic (exact) mass is 254 g/mol. The van der Waals surface area contributed by atoms with Crippen molar-refractivity contribution in [1.82, 2.24) is 10.2 Å². The van der Waals surface area contributed by atoms with Gasteiger partial charge in [-0.05, 0) is 38.8 Å². The first-order valence-corrected chi connectivity index (χ1v) is 7.21. The number of methoxy groups -OCH3 is 1. The fourth-order valence-corrected chi connectivity index (χ4v) is 3.35. The van der Waals surface area contributed by atoms with Crippen molar-refractivity contribution in [3.63, 3.8) is 0 Å². The molecule has 104 valence electrons. The summed E-state index contributed by atoms with van der Waals surface area (Å²) in [6.45, 7) is 6.71. The molecule has 2 fully saturated rings.